The van der Waals surface area contributed by atoms with Crippen molar-refractivity contribution in [2.24, 2.45) is 0 Å². The van der Waals surface area contributed by atoms with Crippen molar-refractivity contribution < 1.29 is 14.7 Å². The lowest BCUT2D eigenvalue weighted by Crippen LogP contribution is -2.26. The first-order valence-corrected chi connectivity index (χ1v) is 13.1. The Labute approximate surface area is 237 Å². The molecular formula is C33H40N4O3. The number of carbonyl (C=O) groups excluding carboxylic acids is 2. The van der Waals surface area contributed by atoms with Crippen LogP contribution >= 0.6 is 0 Å². The molecule has 2 heterocycles. The Bertz CT molecular complexity index is 1310. The summed E-state index contributed by atoms with van der Waals surface area (Å²) < 4.78 is 0. The van der Waals surface area contributed by atoms with Gasteiger partial charge in [0, 0.05) is 63.0 Å². The van der Waals surface area contributed by atoms with Gasteiger partial charge in [-0.2, -0.15) is 0 Å². The second-order valence-electron chi connectivity index (χ2n) is 9.09. The van der Waals surface area contributed by atoms with Gasteiger partial charge < -0.3 is 20.6 Å². The van der Waals surface area contributed by atoms with E-state index in [4.69, 9.17) is 5.11 Å². The highest BCUT2D eigenvalue weighted by atomic mass is 16.2. The molecule has 0 saturated carbocycles. The Morgan fingerprint density at radius 1 is 0.825 bits per heavy atom. The molecule has 7 nitrogen and oxygen atoms in total. The number of aromatic nitrogens is 1. The largest absolute Gasteiger partial charge is 0.400 e. The molecule has 3 N–H and O–H groups in total. The molecule has 0 aliphatic carbocycles. The molecule has 210 valence electrons. The van der Waals surface area contributed by atoms with Gasteiger partial charge in [0.05, 0.1) is 0 Å². The average Bonchev–Trinajstić information content (AvgIpc) is 3.03. The number of hydrogen-bond acceptors (Lipinski definition) is 7. The fraction of sp³-hybridized carbons (Fsp3) is 0.242. The van der Waals surface area contributed by atoms with Crippen LogP contribution in [0, 0.1) is 0 Å². The second kappa shape index (κ2) is 18.2. The fourth-order valence-corrected chi connectivity index (χ4v) is 4.17. The van der Waals surface area contributed by atoms with Gasteiger partial charge in [0.15, 0.2) is 0 Å². The van der Waals surface area contributed by atoms with Gasteiger partial charge in [-0.25, -0.2) is 0 Å². The number of rotatable bonds is 6. The van der Waals surface area contributed by atoms with Crippen molar-refractivity contribution in [1.82, 2.24) is 15.2 Å². The maximum absolute atomic E-state index is 10.6. The van der Waals surface area contributed by atoms with Crippen LogP contribution in [-0.2, 0) is 19.5 Å². The van der Waals surface area contributed by atoms with E-state index in [1.54, 1.807) is 24.5 Å². The van der Waals surface area contributed by atoms with Gasteiger partial charge in [-0.3, -0.25) is 14.6 Å². The minimum Gasteiger partial charge on any atom is -0.400 e. The van der Waals surface area contributed by atoms with Crippen molar-refractivity contribution in [3.05, 3.63) is 119 Å². The van der Waals surface area contributed by atoms with E-state index in [0.717, 1.165) is 55.0 Å². The summed E-state index contributed by atoms with van der Waals surface area (Å²) in [5, 5.41) is 13.2. The average molecular weight is 541 g/mol. The van der Waals surface area contributed by atoms with Crippen LogP contribution in [0.15, 0.2) is 91.3 Å². The first-order chi connectivity index (χ1) is 19.6. The molecule has 40 heavy (non-hydrogen) atoms. The lowest BCUT2D eigenvalue weighted by Gasteiger charge is -2.25. The molecule has 0 spiro atoms. The number of aldehydes is 2. The number of anilines is 1. The van der Waals surface area contributed by atoms with E-state index >= 15 is 0 Å². The molecule has 4 aromatic rings. The van der Waals surface area contributed by atoms with E-state index in [2.05, 4.69) is 45.8 Å². The van der Waals surface area contributed by atoms with Gasteiger partial charge in [-0.05, 0) is 84.7 Å². The highest BCUT2D eigenvalue weighted by molar-refractivity contribution is 5.78. The van der Waals surface area contributed by atoms with E-state index in [1.165, 1.54) is 29.8 Å². The minimum atomic E-state index is 0.694. The number of nitrogens with zero attached hydrogens (tertiary/aromatic N) is 2. The molecule has 0 unspecified atom stereocenters. The summed E-state index contributed by atoms with van der Waals surface area (Å²) in [6.45, 7) is 3.08. The number of aliphatic hydroxyl groups excluding tert-OH is 1. The molecule has 0 bridgehead atoms. The van der Waals surface area contributed by atoms with Crippen LogP contribution in [0.25, 0.3) is 11.1 Å². The number of nitrogens with one attached hydrogen (secondary N) is 2. The Balaban J connectivity index is 0.000000205. The summed E-state index contributed by atoms with van der Waals surface area (Å²) in [7, 11) is 7.02. The zero-order valence-electron chi connectivity index (χ0n) is 23.8. The third-order valence-electron chi connectivity index (χ3n) is 6.20. The van der Waals surface area contributed by atoms with Gasteiger partial charge in [0.2, 0.25) is 0 Å². The van der Waals surface area contributed by atoms with E-state index in [1.807, 2.05) is 62.6 Å². The number of pyridine rings is 1. The van der Waals surface area contributed by atoms with Crippen LogP contribution in [0.2, 0.25) is 0 Å². The summed E-state index contributed by atoms with van der Waals surface area (Å²) in [6, 6.07) is 25.6. The van der Waals surface area contributed by atoms with E-state index < -0.39 is 0 Å². The molecule has 0 radical (unpaired) electrons. The van der Waals surface area contributed by atoms with Gasteiger partial charge in [-0.15, -0.1) is 0 Å². The predicted molar refractivity (Wildman–Crippen MR) is 164 cm³/mol. The van der Waals surface area contributed by atoms with Crippen molar-refractivity contribution in [2.75, 3.05) is 40.1 Å². The smallest absolute Gasteiger partial charge is 0.150 e. The van der Waals surface area contributed by atoms with Gasteiger partial charge in [0.25, 0.3) is 0 Å². The lowest BCUT2D eigenvalue weighted by molar-refractivity contribution is 0.111. The zero-order valence-corrected chi connectivity index (χ0v) is 23.8. The summed E-state index contributed by atoms with van der Waals surface area (Å²) in [5.41, 5.74) is 8.88. The third kappa shape index (κ3) is 10.5. The first kappa shape index (κ1) is 32.0. The van der Waals surface area contributed by atoms with Crippen molar-refractivity contribution >= 4 is 18.3 Å². The molecule has 1 aliphatic rings. The number of aliphatic hydroxyl groups is 1. The number of benzene rings is 3. The van der Waals surface area contributed by atoms with E-state index in [-0.39, 0.29) is 0 Å². The highest BCUT2D eigenvalue weighted by Crippen LogP contribution is 2.21. The standard InChI is InChI=1S/C12H9NO.C11H16N2.C9H11NO.CH4O/c14-9-10-2-1-3-12(8-10)11-4-6-13-7-5-11;1-12-11-4-3-9-5-6-13(2)8-10(9)7-11;1-10-6-8-3-2-4-9(5-8)7-11;1-2/h1-9H;3-4,7,12H,5-6,8H2,1-2H3;2-5,7,10H,6H2,1H3;2H,1H3. The van der Waals surface area contributed by atoms with Crippen LogP contribution < -0.4 is 10.6 Å². The molecule has 0 saturated heterocycles. The Hall–Kier alpha value is -4.17. The molecular weight excluding hydrogens is 500 g/mol. The molecule has 3 aromatic carbocycles. The van der Waals surface area contributed by atoms with Gasteiger partial charge >= 0.3 is 0 Å². The Kier molecular flexibility index (Phi) is 14.6. The molecule has 7 heteroatoms. The lowest BCUT2D eigenvalue weighted by atomic mass is 9.99. The monoisotopic (exact) mass is 540 g/mol. The number of hydrogen-bond donors (Lipinski definition) is 3. The Morgan fingerprint density at radius 3 is 2.15 bits per heavy atom. The second-order valence-corrected chi connectivity index (χ2v) is 9.09. The first-order valence-electron chi connectivity index (χ1n) is 13.1. The van der Waals surface area contributed by atoms with Crippen molar-refractivity contribution in [1.29, 1.82) is 0 Å². The Morgan fingerprint density at radius 2 is 1.50 bits per heavy atom. The number of fused-ring (bicyclic) bond motifs is 1. The summed E-state index contributed by atoms with van der Waals surface area (Å²) in [5.74, 6) is 0. The predicted octanol–water partition coefficient (Wildman–Crippen LogP) is 5.10. The van der Waals surface area contributed by atoms with E-state index in [9.17, 15) is 9.59 Å². The zero-order chi connectivity index (χ0) is 29.2. The molecule has 1 aliphatic heterocycles. The molecule has 0 amide bonds. The maximum Gasteiger partial charge on any atom is 0.150 e. The maximum atomic E-state index is 10.6. The summed E-state index contributed by atoms with van der Waals surface area (Å²) in [6.07, 6.45) is 6.38. The van der Waals surface area contributed by atoms with Crippen molar-refractivity contribution in [2.45, 2.75) is 19.5 Å². The van der Waals surface area contributed by atoms with Gasteiger partial charge in [-0.1, -0.05) is 42.5 Å². The van der Waals surface area contributed by atoms with Crippen LogP contribution in [-0.4, -0.2) is 62.4 Å². The van der Waals surface area contributed by atoms with Crippen molar-refractivity contribution in [3.63, 3.8) is 0 Å². The SMILES string of the molecule is CNCc1cccc(C=O)c1.CNc1ccc2c(c1)CN(C)CC2.CO.O=Cc1cccc(-c2ccncc2)c1. The van der Waals surface area contributed by atoms with Crippen LogP contribution in [0.3, 0.4) is 0 Å². The minimum absolute atomic E-state index is 0.694. The number of carbonyl (C=O) groups is 2. The van der Waals surface area contributed by atoms with Crippen LogP contribution in [0.4, 0.5) is 5.69 Å². The van der Waals surface area contributed by atoms with Crippen LogP contribution in [0.5, 0.6) is 0 Å². The molecule has 0 fully saturated rings. The van der Waals surface area contributed by atoms with Crippen LogP contribution in [0.1, 0.15) is 37.4 Å². The highest BCUT2D eigenvalue weighted by Gasteiger charge is 2.12. The molecule has 1 aromatic heterocycles. The van der Waals surface area contributed by atoms with Crippen molar-refractivity contribution in [3.8, 4) is 11.1 Å². The summed E-state index contributed by atoms with van der Waals surface area (Å²) in [4.78, 5) is 27.2. The topological polar surface area (TPSA) is 94.6 Å². The quantitative estimate of drug-likeness (QED) is 0.293. The normalized spacial score (nSPS) is 11.6. The van der Waals surface area contributed by atoms with E-state index in [0.29, 0.717) is 5.56 Å². The fourth-order valence-electron chi connectivity index (χ4n) is 4.17. The number of likely N-dealkylation sites (N-methyl/N-ethyl adjacent to an activating group) is 1. The van der Waals surface area contributed by atoms with Gasteiger partial charge in [0.1, 0.15) is 12.6 Å². The molecule has 0 atom stereocenters. The third-order valence-corrected chi connectivity index (χ3v) is 6.20. The summed E-state index contributed by atoms with van der Waals surface area (Å²) >= 11 is 0. The molecule has 5 rings (SSSR count).